The maximum absolute atomic E-state index is 12.0. The van der Waals surface area contributed by atoms with Crippen LogP contribution in [0.2, 0.25) is 0 Å². The van der Waals surface area contributed by atoms with E-state index in [9.17, 15) is 4.79 Å². The third-order valence-corrected chi connectivity index (χ3v) is 4.05. The molecule has 4 nitrogen and oxygen atoms in total. The van der Waals surface area contributed by atoms with Crippen LogP contribution < -0.4 is 5.32 Å². The predicted molar refractivity (Wildman–Crippen MR) is 71.8 cm³/mol. The Bertz CT molecular complexity index is 334. The van der Waals surface area contributed by atoms with Crippen LogP contribution in [-0.4, -0.2) is 36.5 Å². The summed E-state index contributed by atoms with van der Waals surface area (Å²) in [6.45, 7) is 10.8. The molecule has 1 amide bonds. The molecule has 2 unspecified atom stereocenters. The molecule has 0 aromatic heterocycles. The number of carbonyl (C=O) groups excluding carboxylic acids is 1. The molecule has 0 aromatic carbocycles. The molecule has 0 aliphatic carbocycles. The highest BCUT2D eigenvalue weighted by Gasteiger charge is 2.32. The topological polar surface area (TPSA) is 56.1 Å². The van der Waals surface area contributed by atoms with E-state index >= 15 is 0 Å². The lowest BCUT2D eigenvalue weighted by Crippen LogP contribution is -2.40. The molecule has 102 valence electrons. The molecule has 1 aliphatic rings. The highest BCUT2D eigenvalue weighted by atomic mass is 16.2. The quantitative estimate of drug-likeness (QED) is 0.810. The Morgan fingerprint density at radius 3 is 2.72 bits per heavy atom. The van der Waals surface area contributed by atoms with Gasteiger partial charge in [0, 0.05) is 19.1 Å². The standard InChI is InChI=1S/C14H25N3O/c1-5-14(4,10-15)13(18)16-8-12-6-7-17(9-12)11(2)3/h11-12H,5-9H2,1-4H3,(H,16,18). The number of hydrogen-bond donors (Lipinski definition) is 1. The van der Waals surface area contributed by atoms with Gasteiger partial charge in [-0.2, -0.15) is 5.26 Å². The van der Waals surface area contributed by atoms with Crippen LogP contribution in [0.15, 0.2) is 0 Å². The summed E-state index contributed by atoms with van der Waals surface area (Å²) in [4.78, 5) is 14.4. The second-order valence-corrected chi connectivity index (χ2v) is 5.75. The van der Waals surface area contributed by atoms with Gasteiger partial charge in [0.15, 0.2) is 0 Å². The fraction of sp³-hybridized carbons (Fsp3) is 0.857. The average molecular weight is 251 g/mol. The molecule has 1 aliphatic heterocycles. The van der Waals surface area contributed by atoms with Crippen molar-refractivity contribution >= 4 is 5.91 Å². The summed E-state index contributed by atoms with van der Waals surface area (Å²) >= 11 is 0. The van der Waals surface area contributed by atoms with Gasteiger partial charge >= 0.3 is 0 Å². The summed E-state index contributed by atoms with van der Waals surface area (Å²) < 4.78 is 0. The number of nitrogens with one attached hydrogen (secondary N) is 1. The zero-order chi connectivity index (χ0) is 13.8. The van der Waals surface area contributed by atoms with Crippen molar-refractivity contribution in [2.45, 2.75) is 46.6 Å². The Balaban J connectivity index is 2.39. The number of hydrogen-bond acceptors (Lipinski definition) is 3. The van der Waals surface area contributed by atoms with Crippen LogP contribution in [-0.2, 0) is 4.79 Å². The second-order valence-electron chi connectivity index (χ2n) is 5.75. The summed E-state index contributed by atoms with van der Waals surface area (Å²) in [5, 5.41) is 12.0. The molecule has 18 heavy (non-hydrogen) atoms. The van der Waals surface area contributed by atoms with E-state index in [0.29, 0.717) is 24.9 Å². The van der Waals surface area contributed by atoms with Crippen LogP contribution in [0.25, 0.3) is 0 Å². The van der Waals surface area contributed by atoms with Gasteiger partial charge in [-0.15, -0.1) is 0 Å². The van der Waals surface area contributed by atoms with Crippen molar-refractivity contribution in [3.05, 3.63) is 0 Å². The van der Waals surface area contributed by atoms with Crippen molar-refractivity contribution in [1.82, 2.24) is 10.2 Å². The van der Waals surface area contributed by atoms with Gasteiger partial charge in [0.1, 0.15) is 5.41 Å². The molecular formula is C14H25N3O. The SMILES string of the molecule is CCC(C)(C#N)C(=O)NCC1CCN(C(C)C)C1. The van der Waals surface area contributed by atoms with Crippen LogP contribution in [0.4, 0.5) is 0 Å². The monoisotopic (exact) mass is 251 g/mol. The van der Waals surface area contributed by atoms with Crippen molar-refractivity contribution in [2.75, 3.05) is 19.6 Å². The fourth-order valence-corrected chi connectivity index (χ4v) is 2.22. The average Bonchev–Trinajstić information content (AvgIpc) is 2.83. The zero-order valence-electron chi connectivity index (χ0n) is 12.0. The van der Waals surface area contributed by atoms with Crippen molar-refractivity contribution in [1.29, 1.82) is 5.26 Å². The molecule has 0 radical (unpaired) electrons. The van der Waals surface area contributed by atoms with E-state index in [1.165, 1.54) is 0 Å². The van der Waals surface area contributed by atoms with E-state index in [0.717, 1.165) is 19.5 Å². The first-order valence-electron chi connectivity index (χ1n) is 6.86. The molecule has 1 N–H and O–H groups in total. The van der Waals surface area contributed by atoms with Gasteiger partial charge < -0.3 is 10.2 Å². The van der Waals surface area contributed by atoms with Crippen LogP contribution >= 0.6 is 0 Å². The highest BCUT2D eigenvalue weighted by Crippen LogP contribution is 2.21. The summed E-state index contributed by atoms with van der Waals surface area (Å²) in [5.41, 5.74) is -0.879. The Morgan fingerprint density at radius 1 is 1.61 bits per heavy atom. The van der Waals surface area contributed by atoms with Gasteiger partial charge in [0.05, 0.1) is 6.07 Å². The van der Waals surface area contributed by atoms with Crippen molar-refractivity contribution < 1.29 is 4.79 Å². The lowest BCUT2D eigenvalue weighted by molar-refractivity contribution is -0.127. The molecule has 1 rings (SSSR count). The fourth-order valence-electron chi connectivity index (χ4n) is 2.22. The van der Waals surface area contributed by atoms with Crippen LogP contribution in [0.1, 0.15) is 40.5 Å². The molecule has 1 heterocycles. The van der Waals surface area contributed by atoms with Crippen molar-refractivity contribution in [3.63, 3.8) is 0 Å². The Morgan fingerprint density at radius 2 is 2.28 bits per heavy atom. The van der Waals surface area contributed by atoms with Gasteiger partial charge in [-0.05, 0) is 46.1 Å². The van der Waals surface area contributed by atoms with Gasteiger partial charge in [0.2, 0.25) is 5.91 Å². The summed E-state index contributed by atoms with van der Waals surface area (Å²) in [7, 11) is 0. The molecular weight excluding hydrogens is 226 g/mol. The number of nitrogens with zero attached hydrogens (tertiary/aromatic N) is 2. The molecule has 0 saturated carbocycles. The van der Waals surface area contributed by atoms with Crippen LogP contribution in [0.5, 0.6) is 0 Å². The van der Waals surface area contributed by atoms with Gasteiger partial charge in [-0.1, -0.05) is 6.92 Å². The third kappa shape index (κ3) is 3.46. The number of likely N-dealkylation sites (tertiary alicyclic amines) is 1. The van der Waals surface area contributed by atoms with E-state index in [1.807, 2.05) is 6.92 Å². The maximum atomic E-state index is 12.0. The first-order valence-corrected chi connectivity index (χ1v) is 6.86. The zero-order valence-corrected chi connectivity index (χ0v) is 12.0. The highest BCUT2D eigenvalue weighted by molar-refractivity contribution is 5.84. The summed E-state index contributed by atoms with van der Waals surface area (Å²) in [6, 6.07) is 2.68. The minimum atomic E-state index is -0.879. The van der Waals surface area contributed by atoms with Gasteiger partial charge in [-0.25, -0.2) is 0 Å². The molecule has 1 saturated heterocycles. The number of rotatable bonds is 5. The molecule has 0 aromatic rings. The van der Waals surface area contributed by atoms with E-state index in [2.05, 4.69) is 30.1 Å². The summed E-state index contributed by atoms with van der Waals surface area (Å²) in [5.74, 6) is 0.395. The Labute approximate surface area is 110 Å². The minimum Gasteiger partial charge on any atom is -0.354 e. The van der Waals surface area contributed by atoms with Gasteiger partial charge in [0.25, 0.3) is 0 Å². The number of amides is 1. The Kier molecular flexibility index (Phi) is 5.15. The first-order chi connectivity index (χ1) is 8.42. The number of carbonyl (C=O) groups is 1. The third-order valence-electron chi connectivity index (χ3n) is 4.05. The predicted octanol–water partition coefficient (Wildman–Crippen LogP) is 1.77. The molecule has 1 fully saturated rings. The molecule has 0 bridgehead atoms. The molecule has 2 atom stereocenters. The van der Waals surface area contributed by atoms with E-state index in [-0.39, 0.29) is 5.91 Å². The van der Waals surface area contributed by atoms with Crippen molar-refractivity contribution in [2.24, 2.45) is 11.3 Å². The number of nitriles is 1. The molecule has 0 spiro atoms. The van der Waals surface area contributed by atoms with Crippen LogP contribution in [0.3, 0.4) is 0 Å². The minimum absolute atomic E-state index is 0.129. The van der Waals surface area contributed by atoms with Gasteiger partial charge in [-0.3, -0.25) is 4.79 Å². The largest absolute Gasteiger partial charge is 0.354 e. The van der Waals surface area contributed by atoms with Crippen LogP contribution in [0, 0.1) is 22.7 Å². The van der Waals surface area contributed by atoms with E-state index in [1.54, 1.807) is 6.92 Å². The Hall–Kier alpha value is -1.08. The van der Waals surface area contributed by atoms with E-state index in [4.69, 9.17) is 5.26 Å². The van der Waals surface area contributed by atoms with Crippen molar-refractivity contribution in [3.8, 4) is 6.07 Å². The van der Waals surface area contributed by atoms with E-state index < -0.39 is 5.41 Å². The smallest absolute Gasteiger partial charge is 0.240 e. The lowest BCUT2D eigenvalue weighted by atomic mass is 9.88. The lowest BCUT2D eigenvalue weighted by Gasteiger charge is -2.22. The second kappa shape index (κ2) is 6.19. The summed E-state index contributed by atoms with van der Waals surface area (Å²) in [6.07, 6.45) is 1.69. The molecule has 4 heteroatoms. The normalized spacial score (nSPS) is 23.7. The maximum Gasteiger partial charge on any atom is 0.240 e. The first kappa shape index (κ1) is 15.0.